The summed E-state index contributed by atoms with van der Waals surface area (Å²) in [5.41, 5.74) is 1.16. The second-order valence-corrected chi connectivity index (χ2v) is 9.82. The van der Waals surface area contributed by atoms with Gasteiger partial charge in [-0.2, -0.15) is 0 Å². The highest BCUT2D eigenvalue weighted by molar-refractivity contribution is 5.79. The van der Waals surface area contributed by atoms with Crippen LogP contribution in [-0.4, -0.2) is 46.8 Å². The first-order valence-electron chi connectivity index (χ1n) is 13.2. The molecule has 34 heavy (non-hydrogen) atoms. The summed E-state index contributed by atoms with van der Waals surface area (Å²) < 4.78 is 7.59. The molecule has 0 aromatic heterocycles. The Labute approximate surface area is 205 Å². The molecule has 0 bridgehead atoms. The second kappa shape index (κ2) is 13.4. The van der Waals surface area contributed by atoms with E-state index in [9.17, 15) is 9.90 Å². The maximum atomic E-state index is 12.1. The molecule has 0 unspecified atom stereocenters. The van der Waals surface area contributed by atoms with E-state index in [4.69, 9.17) is 4.74 Å². The number of carbonyl (C=O) groups is 1. The van der Waals surface area contributed by atoms with E-state index in [1.165, 1.54) is 38.5 Å². The molecule has 0 aliphatic carbocycles. The van der Waals surface area contributed by atoms with Crippen molar-refractivity contribution in [3.63, 3.8) is 0 Å². The SMILES string of the molecule is CCCCCCCC/C=C\C[C@@H]1CC[C@H]2[C@@H](C(=O)O)[C@@H](C)NC(NCc3ccc(OC)cc3)=[N+]12. The highest BCUT2D eigenvalue weighted by Crippen LogP contribution is 2.32. The first-order chi connectivity index (χ1) is 16.5. The van der Waals surface area contributed by atoms with Gasteiger partial charge in [-0.1, -0.05) is 63.3 Å². The van der Waals surface area contributed by atoms with Crippen LogP contribution in [0, 0.1) is 5.92 Å². The molecule has 0 radical (unpaired) electrons. The van der Waals surface area contributed by atoms with Gasteiger partial charge in [0.15, 0.2) is 0 Å². The fourth-order valence-corrected chi connectivity index (χ4v) is 5.42. The van der Waals surface area contributed by atoms with Gasteiger partial charge in [0.25, 0.3) is 0 Å². The molecule has 6 nitrogen and oxygen atoms in total. The van der Waals surface area contributed by atoms with E-state index < -0.39 is 11.9 Å². The number of rotatable bonds is 13. The standard InChI is InChI=1S/C28H43N3O3/c1-4-5-6-7-8-9-10-11-12-13-23-16-19-25-26(27(32)33)21(2)30-28(31(23)25)29-20-22-14-17-24(34-3)18-15-22/h11-12,14-15,17-18,21,23,25-26H,4-10,13,16,19-20H2,1-3H3,(H2,29,30,32,33)/p+1/b12-11-/t21-,23-,25+,26+/m1/s1. The lowest BCUT2D eigenvalue weighted by Gasteiger charge is -2.33. The summed E-state index contributed by atoms with van der Waals surface area (Å²) in [6.45, 7) is 4.92. The van der Waals surface area contributed by atoms with Crippen LogP contribution in [0.1, 0.15) is 83.6 Å². The van der Waals surface area contributed by atoms with E-state index in [-0.39, 0.29) is 12.1 Å². The molecule has 0 amide bonds. The Morgan fingerprint density at radius 3 is 2.59 bits per heavy atom. The molecular weight excluding hydrogens is 426 g/mol. The summed E-state index contributed by atoms with van der Waals surface area (Å²) in [5, 5.41) is 17.0. The Morgan fingerprint density at radius 2 is 1.88 bits per heavy atom. The number of carboxylic acids is 1. The number of aliphatic carboxylic acids is 1. The zero-order chi connectivity index (χ0) is 24.3. The minimum absolute atomic E-state index is 0.0316. The number of guanidine groups is 1. The highest BCUT2D eigenvalue weighted by atomic mass is 16.5. The lowest BCUT2D eigenvalue weighted by Crippen LogP contribution is -2.61. The molecule has 2 heterocycles. The first kappa shape index (κ1) is 26.1. The summed E-state index contributed by atoms with van der Waals surface area (Å²) in [6.07, 6.45) is 16.6. The zero-order valence-electron chi connectivity index (χ0n) is 21.3. The lowest BCUT2D eigenvalue weighted by atomic mass is 9.90. The van der Waals surface area contributed by atoms with Crippen LogP contribution in [0.4, 0.5) is 0 Å². The van der Waals surface area contributed by atoms with Crippen molar-refractivity contribution in [3.8, 4) is 5.75 Å². The average molecular weight is 471 g/mol. The van der Waals surface area contributed by atoms with Crippen molar-refractivity contribution >= 4 is 11.9 Å². The molecule has 4 atom stereocenters. The Kier molecular flexibility index (Phi) is 10.3. The molecule has 1 fully saturated rings. The molecule has 2 aliphatic rings. The van der Waals surface area contributed by atoms with Crippen molar-refractivity contribution in [2.45, 2.75) is 103 Å². The predicted molar refractivity (Wildman–Crippen MR) is 137 cm³/mol. The number of hydrogen-bond donors (Lipinski definition) is 3. The van der Waals surface area contributed by atoms with Crippen molar-refractivity contribution in [1.82, 2.24) is 10.6 Å². The van der Waals surface area contributed by atoms with Gasteiger partial charge < -0.3 is 9.84 Å². The summed E-state index contributed by atoms with van der Waals surface area (Å²) >= 11 is 0. The van der Waals surface area contributed by atoms with E-state index in [1.807, 2.05) is 19.1 Å². The quantitative estimate of drug-likeness (QED) is 0.213. The average Bonchev–Trinajstić information content (AvgIpc) is 3.25. The van der Waals surface area contributed by atoms with Crippen LogP contribution in [0.25, 0.3) is 0 Å². The molecule has 2 aliphatic heterocycles. The molecular formula is C28H44N3O3+. The summed E-state index contributed by atoms with van der Waals surface area (Å²) in [5.74, 6) is 0.710. The van der Waals surface area contributed by atoms with Gasteiger partial charge in [-0.25, -0.2) is 0 Å². The Bertz CT molecular complexity index is 834. The third-order valence-electron chi connectivity index (χ3n) is 7.33. The van der Waals surface area contributed by atoms with Gasteiger partial charge in [-0.3, -0.25) is 20.0 Å². The van der Waals surface area contributed by atoms with Gasteiger partial charge >= 0.3 is 11.9 Å². The maximum Gasteiger partial charge on any atom is 0.346 e. The lowest BCUT2D eigenvalue weighted by molar-refractivity contribution is -0.592. The Hall–Kier alpha value is -2.50. The van der Waals surface area contributed by atoms with Crippen molar-refractivity contribution in [2.24, 2.45) is 5.92 Å². The maximum absolute atomic E-state index is 12.1. The predicted octanol–water partition coefficient (Wildman–Crippen LogP) is 5.07. The van der Waals surface area contributed by atoms with Crippen LogP contribution in [0.2, 0.25) is 0 Å². The number of nitrogens with zero attached hydrogens (tertiary/aromatic N) is 1. The monoisotopic (exact) mass is 470 g/mol. The minimum Gasteiger partial charge on any atom is -0.497 e. The number of nitrogens with one attached hydrogen (secondary N) is 2. The third-order valence-corrected chi connectivity index (χ3v) is 7.33. The minimum atomic E-state index is -0.705. The smallest absolute Gasteiger partial charge is 0.346 e. The molecule has 0 saturated carbocycles. The molecule has 1 saturated heterocycles. The summed E-state index contributed by atoms with van der Waals surface area (Å²) in [4.78, 5) is 12.1. The van der Waals surface area contributed by atoms with Crippen molar-refractivity contribution in [3.05, 3.63) is 42.0 Å². The van der Waals surface area contributed by atoms with Crippen molar-refractivity contribution < 1.29 is 19.2 Å². The topological polar surface area (TPSA) is 73.6 Å². The van der Waals surface area contributed by atoms with Gasteiger partial charge in [0.2, 0.25) is 0 Å². The zero-order valence-corrected chi connectivity index (χ0v) is 21.3. The first-order valence-corrected chi connectivity index (χ1v) is 13.2. The van der Waals surface area contributed by atoms with E-state index in [1.54, 1.807) is 7.11 Å². The largest absolute Gasteiger partial charge is 0.497 e. The highest BCUT2D eigenvalue weighted by Gasteiger charge is 2.49. The van der Waals surface area contributed by atoms with E-state index in [0.29, 0.717) is 12.6 Å². The third kappa shape index (κ3) is 7.00. The fraction of sp³-hybridized carbons (Fsp3) is 0.643. The Morgan fingerprint density at radius 1 is 1.15 bits per heavy atom. The van der Waals surface area contributed by atoms with Crippen LogP contribution in [0.3, 0.4) is 0 Å². The molecule has 3 N–H and O–H groups in total. The molecule has 3 rings (SSSR count). The number of fused-ring (bicyclic) bond motifs is 1. The van der Waals surface area contributed by atoms with E-state index >= 15 is 0 Å². The van der Waals surface area contributed by atoms with Crippen LogP contribution in [0.15, 0.2) is 36.4 Å². The molecule has 1 aromatic rings. The number of carboxylic acid groups (broad SMARTS) is 1. The number of hydrogen-bond acceptors (Lipinski definition) is 4. The Balaban J connectivity index is 1.63. The van der Waals surface area contributed by atoms with Crippen LogP contribution in [0.5, 0.6) is 5.75 Å². The fourth-order valence-electron chi connectivity index (χ4n) is 5.42. The second-order valence-electron chi connectivity index (χ2n) is 9.82. The van der Waals surface area contributed by atoms with Crippen molar-refractivity contribution in [2.75, 3.05) is 7.11 Å². The number of methoxy groups -OCH3 is 1. The molecule has 188 valence electrons. The van der Waals surface area contributed by atoms with Crippen molar-refractivity contribution in [1.29, 1.82) is 0 Å². The number of ether oxygens (including phenoxy) is 1. The van der Waals surface area contributed by atoms with Gasteiger partial charge in [-0.15, -0.1) is 0 Å². The number of benzene rings is 1. The van der Waals surface area contributed by atoms with E-state index in [0.717, 1.165) is 43.0 Å². The molecule has 1 aromatic carbocycles. The number of unbranched alkanes of at least 4 members (excludes halogenated alkanes) is 6. The summed E-state index contributed by atoms with van der Waals surface area (Å²) in [6, 6.07) is 8.30. The van der Waals surface area contributed by atoms with Gasteiger partial charge in [0.1, 0.15) is 11.7 Å². The molecule has 6 heteroatoms. The van der Waals surface area contributed by atoms with Crippen LogP contribution in [-0.2, 0) is 11.3 Å². The summed E-state index contributed by atoms with van der Waals surface area (Å²) in [7, 11) is 1.67. The van der Waals surface area contributed by atoms with E-state index in [2.05, 4.69) is 46.4 Å². The van der Waals surface area contributed by atoms with Crippen LogP contribution >= 0.6 is 0 Å². The van der Waals surface area contributed by atoms with Gasteiger partial charge in [0.05, 0.1) is 31.8 Å². The van der Waals surface area contributed by atoms with Gasteiger partial charge in [-0.05, 0) is 56.7 Å². The normalized spacial score (nSPS) is 24.2. The number of allylic oxidation sites excluding steroid dienone is 1. The van der Waals surface area contributed by atoms with Gasteiger partial charge in [0, 0.05) is 0 Å². The van der Waals surface area contributed by atoms with Crippen LogP contribution < -0.4 is 15.4 Å². The molecule has 0 spiro atoms.